The zero-order valence-electron chi connectivity index (χ0n) is 14.3. The first-order chi connectivity index (χ1) is 12.6. The molecule has 2 N–H and O–H groups in total. The van der Waals surface area contributed by atoms with E-state index in [-0.39, 0.29) is 12.1 Å². The average molecular weight is 394 g/mol. The summed E-state index contributed by atoms with van der Waals surface area (Å²) in [4.78, 5) is 14.4. The summed E-state index contributed by atoms with van der Waals surface area (Å²) in [5, 5.41) is 6.47. The van der Waals surface area contributed by atoms with E-state index in [2.05, 4.69) is 27.7 Å². The lowest BCUT2D eigenvalue weighted by molar-refractivity contribution is -0.0285. The van der Waals surface area contributed by atoms with Crippen molar-refractivity contribution in [2.24, 2.45) is 0 Å². The van der Waals surface area contributed by atoms with Crippen molar-refractivity contribution in [1.29, 1.82) is 0 Å². The molecule has 2 aromatic carbocycles. The quantitative estimate of drug-likeness (QED) is 0.806. The third-order valence-electron chi connectivity index (χ3n) is 4.14. The maximum Gasteiger partial charge on any atom is 0.319 e. The number of amides is 2. The summed E-state index contributed by atoms with van der Waals surface area (Å²) in [5.41, 5.74) is 1.79. The first-order valence-corrected chi connectivity index (χ1v) is 9.23. The maximum atomic E-state index is 12.1. The van der Waals surface area contributed by atoms with Gasteiger partial charge in [0.25, 0.3) is 0 Å². The van der Waals surface area contributed by atoms with Crippen molar-refractivity contribution in [2.75, 3.05) is 31.6 Å². The number of halogens is 2. The van der Waals surface area contributed by atoms with Crippen molar-refractivity contribution >= 4 is 34.9 Å². The van der Waals surface area contributed by atoms with Gasteiger partial charge in [0, 0.05) is 31.2 Å². The van der Waals surface area contributed by atoms with Crippen LogP contribution in [-0.4, -0.2) is 43.3 Å². The molecular formula is C19H21Cl2N3O2. The molecule has 1 fully saturated rings. The molecule has 0 spiro atoms. The number of ether oxygens (including phenoxy) is 1. The molecule has 1 saturated heterocycles. The molecule has 2 amide bonds. The van der Waals surface area contributed by atoms with Gasteiger partial charge in [-0.15, -0.1) is 0 Å². The SMILES string of the molecule is O=C(NCC1CN(Cc2ccccc2)CCO1)Nc1ccc(Cl)cc1Cl. The minimum absolute atomic E-state index is 0.0427. The lowest BCUT2D eigenvalue weighted by Crippen LogP contribution is -2.47. The summed E-state index contributed by atoms with van der Waals surface area (Å²) in [6.07, 6.45) is -0.0427. The Morgan fingerprint density at radius 3 is 2.77 bits per heavy atom. The van der Waals surface area contributed by atoms with E-state index in [0.29, 0.717) is 28.9 Å². The third-order valence-corrected chi connectivity index (χ3v) is 4.69. The van der Waals surface area contributed by atoms with Gasteiger partial charge in [-0.3, -0.25) is 4.90 Å². The Balaban J connectivity index is 1.45. The van der Waals surface area contributed by atoms with E-state index in [1.54, 1.807) is 18.2 Å². The average Bonchev–Trinajstić information content (AvgIpc) is 2.64. The van der Waals surface area contributed by atoms with Gasteiger partial charge >= 0.3 is 6.03 Å². The van der Waals surface area contributed by atoms with Crippen LogP contribution in [-0.2, 0) is 11.3 Å². The predicted molar refractivity (Wildman–Crippen MR) is 105 cm³/mol. The van der Waals surface area contributed by atoms with E-state index in [0.717, 1.165) is 19.6 Å². The van der Waals surface area contributed by atoms with E-state index < -0.39 is 0 Å². The minimum atomic E-state index is -0.321. The third kappa shape index (κ3) is 5.61. The fraction of sp³-hybridized carbons (Fsp3) is 0.316. The van der Waals surface area contributed by atoms with E-state index in [1.807, 2.05) is 18.2 Å². The number of nitrogens with zero attached hydrogens (tertiary/aromatic N) is 1. The van der Waals surface area contributed by atoms with Crippen molar-refractivity contribution in [2.45, 2.75) is 12.6 Å². The molecule has 0 radical (unpaired) electrons. The van der Waals surface area contributed by atoms with Crippen molar-refractivity contribution in [1.82, 2.24) is 10.2 Å². The van der Waals surface area contributed by atoms with Crippen LogP contribution in [0.15, 0.2) is 48.5 Å². The van der Waals surface area contributed by atoms with E-state index in [9.17, 15) is 4.79 Å². The minimum Gasteiger partial charge on any atom is -0.374 e. The van der Waals surface area contributed by atoms with Gasteiger partial charge in [0.15, 0.2) is 0 Å². The van der Waals surface area contributed by atoms with Crippen molar-refractivity contribution in [3.8, 4) is 0 Å². The monoisotopic (exact) mass is 393 g/mol. The zero-order valence-corrected chi connectivity index (χ0v) is 15.8. The summed E-state index contributed by atoms with van der Waals surface area (Å²) >= 11 is 11.9. The molecule has 1 heterocycles. The summed E-state index contributed by atoms with van der Waals surface area (Å²) in [6.45, 7) is 3.63. The summed E-state index contributed by atoms with van der Waals surface area (Å²) in [5.74, 6) is 0. The second-order valence-corrected chi connectivity index (χ2v) is 7.02. The number of benzene rings is 2. The van der Waals surface area contributed by atoms with Gasteiger partial charge in [-0.1, -0.05) is 53.5 Å². The number of rotatable bonds is 5. The largest absolute Gasteiger partial charge is 0.374 e. The van der Waals surface area contributed by atoms with Gasteiger partial charge in [0.2, 0.25) is 0 Å². The fourth-order valence-corrected chi connectivity index (χ4v) is 3.31. The van der Waals surface area contributed by atoms with Crippen LogP contribution < -0.4 is 10.6 Å². The van der Waals surface area contributed by atoms with Gasteiger partial charge in [-0.2, -0.15) is 0 Å². The zero-order chi connectivity index (χ0) is 18.4. The number of anilines is 1. The van der Waals surface area contributed by atoms with Crippen molar-refractivity contribution in [3.05, 3.63) is 64.1 Å². The summed E-state index contributed by atoms with van der Waals surface area (Å²) in [6, 6.07) is 14.9. The molecule has 0 aliphatic carbocycles. The number of urea groups is 1. The standard InChI is InChI=1S/C19H21Cl2N3O2/c20-15-6-7-18(17(21)10-15)23-19(25)22-11-16-13-24(8-9-26-16)12-14-4-2-1-3-5-14/h1-7,10,16H,8-9,11-13H2,(H2,22,23,25). The highest BCUT2D eigenvalue weighted by Gasteiger charge is 2.21. The Hall–Kier alpha value is -1.79. The Morgan fingerprint density at radius 2 is 2.00 bits per heavy atom. The van der Waals surface area contributed by atoms with Crippen LogP contribution in [0.4, 0.5) is 10.5 Å². The molecule has 1 aliphatic heterocycles. The summed E-state index contributed by atoms with van der Waals surface area (Å²) in [7, 11) is 0. The topological polar surface area (TPSA) is 53.6 Å². The second-order valence-electron chi connectivity index (χ2n) is 6.17. The van der Waals surface area contributed by atoms with Gasteiger partial charge in [0.1, 0.15) is 0 Å². The number of carbonyl (C=O) groups is 1. The molecule has 1 unspecified atom stereocenters. The lowest BCUT2D eigenvalue weighted by Gasteiger charge is -2.33. The number of nitrogens with one attached hydrogen (secondary N) is 2. The number of carbonyl (C=O) groups excluding carboxylic acids is 1. The molecular weight excluding hydrogens is 373 g/mol. The molecule has 5 nitrogen and oxygen atoms in total. The van der Waals surface area contributed by atoms with Crippen molar-refractivity contribution in [3.63, 3.8) is 0 Å². The van der Waals surface area contributed by atoms with Crippen LogP contribution >= 0.6 is 23.2 Å². The molecule has 0 bridgehead atoms. The van der Waals surface area contributed by atoms with Gasteiger partial charge in [-0.25, -0.2) is 4.79 Å². The Kier molecular flexibility index (Phi) is 6.74. The van der Waals surface area contributed by atoms with Crippen LogP contribution in [0.5, 0.6) is 0 Å². The summed E-state index contributed by atoms with van der Waals surface area (Å²) < 4.78 is 5.76. The number of morpholine rings is 1. The molecule has 0 aromatic heterocycles. The second kappa shape index (κ2) is 9.24. The Bertz CT molecular complexity index is 743. The molecule has 138 valence electrons. The first-order valence-electron chi connectivity index (χ1n) is 8.48. The first kappa shape index (κ1) is 19.0. The van der Waals surface area contributed by atoms with E-state index >= 15 is 0 Å². The fourth-order valence-electron chi connectivity index (χ4n) is 2.85. The molecule has 1 atom stereocenters. The number of hydrogen-bond donors (Lipinski definition) is 2. The molecule has 26 heavy (non-hydrogen) atoms. The van der Waals surface area contributed by atoms with Crippen LogP contribution in [0.3, 0.4) is 0 Å². The molecule has 2 aromatic rings. The van der Waals surface area contributed by atoms with Crippen molar-refractivity contribution < 1.29 is 9.53 Å². The molecule has 7 heteroatoms. The maximum absolute atomic E-state index is 12.1. The smallest absolute Gasteiger partial charge is 0.319 e. The Morgan fingerprint density at radius 1 is 1.19 bits per heavy atom. The highest BCUT2D eigenvalue weighted by atomic mass is 35.5. The normalized spacial score (nSPS) is 17.7. The molecule has 1 aliphatic rings. The predicted octanol–water partition coefficient (Wildman–Crippen LogP) is 4.02. The highest BCUT2D eigenvalue weighted by molar-refractivity contribution is 6.36. The van der Waals surface area contributed by atoms with Gasteiger partial charge in [-0.05, 0) is 23.8 Å². The number of hydrogen-bond acceptors (Lipinski definition) is 3. The Labute approximate surface area is 163 Å². The highest BCUT2D eigenvalue weighted by Crippen LogP contribution is 2.25. The molecule has 0 saturated carbocycles. The van der Waals surface area contributed by atoms with Gasteiger partial charge in [0.05, 0.1) is 23.4 Å². The van der Waals surface area contributed by atoms with E-state index in [4.69, 9.17) is 27.9 Å². The van der Waals surface area contributed by atoms with Gasteiger partial charge < -0.3 is 15.4 Å². The van der Waals surface area contributed by atoms with Crippen LogP contribution in [0.2, 0.25) is 10.0 Å². The molecule has 3 rings (SSSR count). The lowest BCUT2D eigenvalue weighted by atomic mass is 10.2. The van der Waals surface area contributed by atoms with Crippen LogP contribution in [0.25, 0.3) is 0 Å². The van der Waals surface area contributed by atoms with Crippen LogP contribution in [0.1, 0.15) is 5.56 Å². The van der Waals surface area contributed by atoms with Crippen LogP contribution in [0, 0.1) is 0 Å². The van der Waals surface area contributed by atoms with E-state index in [1.165, 1.54) is 5.56 Å².